The van der Waals surface area contributed by atoms with E-state index in [1.807, 2.05) is 74.5 Å². The minimum Gasteiger partial charge on any atom is -0.398 e. The first-order chi connectivity index (χ1) is 40.8. The molecule has 6 aromatic heterocycles. The second kappa shape index (κ2) is 25.9. The molecule has 0 atom stereocenters. The molecule has 18 nitrogen and oxygen atoms in total. The van der Waals surface area contributed by atoms with Crippen molar-refractivity contribution in [2.24, 2.45) is 0 Å². The van der Waals surface area contributed by atoms with E-state index in [-0.39, 0.29) is 11.6 Å². The SMILES string of the molecule is CS(=O)(=O)Nc1cccc(-c2cnc(N3CCOCC3)cc2N)c1.Cc1c(-c2ccccn2)nc2cc(F)ccc2c1Cl.Cc1c(-c2ccccn2)nc2cc(F)ccc2c1Nc1cc(N2CCOCC2)ncc1-c1cccc(NS(C)(=O)=O)c1. The number of nitrogens with zero attached hydrogens (tertiary/aromatic N) is 8. The van der Waals surface area contributed by atoms with Gasteiger partial charge in [0.05, 0.1) is 89.1 Å². The molecular formula is C62H59ClF2N12O6S2. The van der Waals surface area contributed by atoms with Crippen LogP contribution in [0.25, 0.3) is 66.8 Å². The van der Waals surface area contributed by atoms with E-state index in [0.717, 1.165) is 98.5 Å². The summed E-state index contributed by atoms with van der Waals surface area (Å²) < 4.78 is 90.2. The second-order valence-corrected chi connectivity index (χ2v) is 23.9. The maximum absolute atomic E-state index is 14.4. The Labute approximate surface area is 496 Å². The third kappa shape index (κ3) is 14.7. The van der Waals surface area contributed by atoms with Gasteiger partial charge in [0.1, 0.15) is 23.3 Å². The number of benzene rings is 4. The van der Waals surface area contributed by atoms with Gasteiger partial charge in [-0.2, -0.15) is 0 Å². The van der Waals surface area contributed by atoms with Crippen molar-refractivity contribution in [1.29, 1.82) is 0 Å². The summed E-state index contributed by atoms with van der Waals surface area (Å²) in [7, 11) is -6.79. The van der Waals surface area contributed by atoms with E-state index in [1.165, 1.54) is 24.3 Å². The Morgan fingerprint density at radius 2 is 1.04 bits per heavy atom. The average molecular weight is 1210 g/mol. The lowest BCUT2D eigenvalue weighted by Gasteiger charge is -2.28. The van der Waals surface area contributed by atoms with Gasteiger partial charge in [0.25, 0.3) is 0 Å². The predicted octanol–water partition coefficient (Wildman–Crippen LogP) is 11.7. The monoisotopic (exact) mass is 1200 g/mol. The first-order valence-corrected chi connectivity index (χ1v) is 31.0. The van der Waals surface area contributed by atoms with Gasteiger partial charge in [-0.1, -0.05) is 48.0 Å². The smallest absolute Gasteiger partial charge is 0.229 e. The number of morpholine rings is 2. The summed E-state index contributed by atoms with van der Waals surface area (Å²) in [5, 5.41) is 5.72. The van der Waals surface area contributed by atoms with Crippen LogP contribution in [0.4, 0.5) is 48.9 Å². The zero-order valence-corrected chi connectivity index (χ0v) is 49.1. The quantitative estimate of drug-likeness (QED) is 0.0890. The fraction of sp³-hybridized carbons (Fsp3) is 0.194. The third-order valence-electron chi connectivity index (χ3n) is 13.8. The molecule has 0 saturated carbocycles. The molecule has 23 heteroatoms. The number of rotatable bonds is 12. The van der Waals surface area contributed by atoms with Gasteiger partial charge in [-0.05, 0) is 103 Å². The van der Waals surface area contributed by atoms with Crippen LogP contribution in [0.3, 0.4) is 0 Å². The number of hydrogen-bond donors (Lipinski definition) is 4. The molecule has 0 unspecified atom stereocenters. The molecule has 12 rings (SSSR count). The third-order valence-corrected chi connectivity index (χ3v) is 15.5. The van der Waals surface area contributed by atoms with Crippen LogP contribution < -0.4 is 30.3 Å². The maximum Gasteiger partial charge on any atom is 0.229 e. The molecule has 0 amide bonds. The maximum atomic E-state index is 14.4. The number of fused-ring (bicyclic) bond motifs is 2. The lowest BCUT2D eigenvalue weighted by Crippen LogP contribution is -2.36. The Hall–Kier alpha value is -8.93. The lowest BCUT2D eigenvalue weighted by molar-refractivity contribution is 0.122. The number of hydrogen-bond acceptors (Lipinski definition) is 16. The molecule has 0 spiro atoms. The molecule has 4 aromatic carbocycles. The van der Waals surface area contributed by atoms with Crippen molar-refractivity contribution in [3.05, 3.63) is 186 Å². The van der Waals surface area contributed by atoms with Gasteiger partial charge in [-0.15, -0.1) is 0 Å². The summed E-state index contributed by atoms with van der Waals surface area (Å²) in [6.45, 7) is 9.44. The highest BCUT2D eigenvalue weighted by Gasteiger charge is 2.21. The molecule has 10 aromatic rings. The molecule has 0 bridgehead atoms. The van der Waals surface area contributed by atoms with Crippen molar-refractivity contribution in [2.75, 3.05) is 95.4 Å². The van der Waals surface area contributed by atoms with E-state index in [9.17, 15) is 25.6 Å². The Morgan fingerprint density at radius 3 is 1.54 bits per heavy atom. The number of halogens is 3. The van der Waals surface area contributed by atoms with Crippen LogP contribution in [0.2, 0.25) is 5.02 Å². The van der Waals surface area contributed by atoms with Crippen LogP contribution >= 0.6 is 11.6 Å². The number of ether oxygens (including phenoxy) is 2. The fourth-order valence-electron chi connectivity index (χ4n) is 9.76. The van der Waals surface area contributed by atoms with E-state index in [4.69, 9.17) is 36.8 Å². The van der Waals surface area contributed by atoms with E-state index in [2.05, 4.69) is 44.5 Å². The predicted molar refractivity (Wildman–Crippen MR) is 334 cm³/mol. The normalized spacial score (nSPS) is 13.5. The largest absolute Gasteiger partial charge is 0.398 e. The number of pyridine rings is 6. The highest BCUT2D eigenvalue weighted by molar-refractivity contribution is 7.92. The lowest BCUT2D eigenvalue weighted by atomic mass is 10.0. The molecule has 2 saturated heterocycles. The van der Waals surface area contributed by atoms with Gasteiger partial charge in [0.15, 0.2) is 0 Å². The summed E-state index contributed by atoms with van der Waals surface area (Å²) in [5.74, 6) is 0.894. The minimum atomic E-state index is -3.46. The van der Waals surface area contributed by atoms with E-state index in [1.54, 1.807) is 73.3 Å². The molecule has 5 N–H and O–H groups in total. The number of nitrogens with two attached hydrogens (primary N) is 1. The fourth-order valence-corrected chi connectivity index (χ4v) is 11.1. The van der Waals surface area contributed by atoms with Crippen LogP contribution in [0.1, 0.15) is 11.1 Å². The number of aromatic nitrogens is 6. The molecule has 0 radical (unpaired) electrons. The van der Waals surface area contributed by atoms with Gasteiger partial charge < -0.3 is 30.3 Å². The molecule has 0 aliphatic carbocycles. The molecule has 436 valence electrons. The summed E-state index contributed by atoms with van der Waals surface area (Å²) in [5.41, 5.74) is 17.8. The molecule has 2 aliphatic heterocycles. The highest BCUT2D eigenvalue weighted by atomic mass is 35.5. The second-order valence-electron chi connectivity index (χ2n) is 20.1. The standard InChI is InChI=1S/C31H29FN6O3S.C16H20N4O3S.C15H10ClFN2/c1-20-30(24-10-9-22(32)17-27(24)36-31(20)26-8-3-4-11-33-26)35-28-18-29(38-12-14-41-15-13-38)34-19-25(28)21-6-5-7-23(16-21)37-42(2,39)40;1-24(21,22)19-13-4-2-3-12(9-13)14-11-18-16(10-15(14)17)20-5-7-23-8-6-20;1-9-14(16)11-6-5-10(17)8-13(11)19-15(9)12-4-2-3-7-18-12/h3-11,16-19,37H,12-15H2,1-2H3,(H,34,35,36);2-4,9-11,19H,5-8H2,1H3,(H2,17,18);2-8H,1H3. The molecule has 8 heterocycles. The Bertz CT molecular complexity index is 4300. The number of anilines is 7. The van der Waals surface area contributed by atoms with Crippen molar-refractivity contribution in [2.45, 2.75) is 13.8 Å². The Kier molecular flexibility index (Phi) is 18.1. The molecule has 2 fully saturated rings. The van der Waals surface area contributed by atoms with E-state index >= 15 is 0 Å². The van der Waals surface area contributed by atoms with Crippen molar-refractivity contribution in [3.63, 3.8) is 0 Å². The number of sulfonamides is 2. The van der Waals surface area contributed by atoms with Crippen LogP contribution in [0.15, 0.2) is 158 Å². The van der Waals surface area contributed by atoms with Crippen molar-refractivity contribution >= 4 is 93.5 Å². The average Bonchev–Trinajstić information content (AvgIpc) is 3.28. The zero-order valence-electron chi connectivity index (χ0n) is 46.7. The van der Waals surface area contributed by atoms with Gasteiger partial charge in [-0.3, -0.25) is 19.4 Å². The summed E-state index contributed by atoms with van der Waals surface area (Å²) in [6, 6.07) is 38.2. The summed E-state index contributed by atoms with van der Waals surface area (Å²) in [4.78, 5) is 31.6. The molecular weight excluding hydrogens is 1150 g/mol. The van der Waals surface area contributed by atoms with Gasteiger partial charge >= 0.3 is 0 Å². The van der Waals surface area contributed by atoms with Crippen LogP contribution in [0.5, 0.6) is 0 Å². The van der Waals surface area contributed by atoms with Gasteiger partial charge in [0.2, 0.25) is 20.0 Å². The van der Waals surface area contributed by atoms with Crippen LogP contribution in [-0.4, -0.2) is 112 Å². The van der Waals surface area contributed by atoms with Crippen molar-refractivity contribution in [3.8, 4) is 45.0 Å². The first kappa shape index (κ1) is 59.2. The van der Waals surface area contributed by atoms with Crippen LogP contribution in [-0.2, 0) is 29.5 Å². The van der Waals surface area contributed by atoms with Crippen molar-refractivity contribution in [1.82, 2.24) is 29.9 Å². The van der Waals surface area contributed by atoms with Gasteiger partial charge in [-0.25, -0.2) is 45.6 Å². The number of nitrogen functional groups attached to an aromatic ring is 1. The Morgan fingerprint density at radius 1 is 0.553 bits per heavy atom. The van der Waals surface area contributed by atoms with E-state index in [0.29, 0.717) is 89.7 Å². The summed E-state index contributed by atoms with van der Waals surface area (Å²) >= 11 is 6.34. The van der Waals surface area contributed by atoms with E-state index < -0.39 is 20.0 Å². The minimum absolute atomic E-state index is 0.327. The first-order valence-electron chi connectivity index (χ1n) is 26.9. The topological polar surface area (TPSA) is 233 Å². The van der Waals surface area contributed by atoms with Crippen LogP contribution in [0, 0.1) is 25.5 Å². The highest BCUT2D eigenvalue weighted by Crippen LogP contribution is 2.40. The zero-order chi connectivity index (χ0) is 59.8. The summed E-state index contributed by atoms with van der Waals surface area (Å²) in [6.07, 6.45) is 9.13. The number of nitrogens with one attached hydrogen (secondary N) is 3. The van der Waals surface area contributed by atoms with Crippen molar-refractivity contribution < 1.29 is 35.1 Å². The van der Waals surface area contributed by atoms with Gasteiger partial charge in [0, 0.05) is 120 Å². The Balaban J connectivity index is 0.000000157. The molecule has 85 heavy (non-hydrogen) atoms. The molecule has 2 aliphatic rings.